The number of halogens is 1. The minimum absolute atomic E-state index is 0.0184. The molecule has 0 atom stereocenters. The van der Waals surface area contributed by atoms with E-state index in [2.05, 4.69) is 5.32 Å². The smallest absolute Gasteiger partial charge is 0.407 e. The first-order valence-corrected chi connectivity index (χ1v) is 7.18. The molecule has 1 amide bonds. The Bertz CT molecular complexity index is 286. The fraction of sp³-hybridized carbons (Fsp3) is 0.846. The summed E-state index contributed by atoms with van der Waals surface area (Å²) in [7, 11) is 0. The minimum Gasteiger partial charge on any atom is -0.450 e. The summed E-state index contributed by atoms with van der Waals surface area (Å²) in [5.41, 5.74) is -0.481. The van der Waals surface area contributed by atoms with Gasteiger partial charge in [0.2, 0.25) is 0 Å². The molecule has 0 radical (unpaired) electrons. The summed E-state index contributed by atoms with van der Waals surface area (Å²) >= 11 is 5.71. The molecular formula is C13H22ClNO3. The summed E-state index contributed by atoms with van der Waals surface area (Å²) in [5, 5.41) is 2.70. The van der Waals surface area contributed by atoms with Crippen molar-refractivity contribution in [2.24, 2.45) is 5.41 Å². The van der Waals surface area contributed by atoms with Gasteiger partial charge < -0.3 is 10.1 Å². The molecule has 1 N–H and O–H groups in total. The third-order valence-electron chi connectivity index (χ3n) is 3.62. The summed E-state index contributed by atoms with van der Waals surface area (Å²) in [5.74, 6) is 0.0627. The Morgan fingerprint density at radius 2 is 1.83 bits per heavy atom. The van der Waals surface area contributed by atoms with Crippen LogP contribution >= 0.6 is 11.6 Å². The molecule has 1 rings (SSSR count). The second-order valence-corrected chi connectivity index (χ2v) is 5.09. The maximum Gasteiger partial charge on any atom is 0.407 e. The second kappa shape index (κ2) is 7.62. The van der Waals surface area contributed by atoms with Crippen LogP contribution in [0.2, 0.25) is 0 Å². The molecule has 18 heavy (non-hydrogen) atoms. The van der Waals surface area contributed by atoms with E-state index in [0.29, 0.717) is 13.2 Å². The van der Waals surface area contributed by atoms with Crippen LogP contribution in [-0.2, 0) is 9.53 Å². The van der Waals surface area contributed by atoms with Crippen molar-refractivity contribution in [3.8, 4) is 0 Å². The average molecular weight is 276 g/mol. The summed E-state index contributed by atoms with van der Waals surface area (Å²) in [4.78, 5) is 23.4. The molecular weight excluding hydrogens is 254 g/mol. The van der Waals surface area contributed by atoms with E-state index < -0.39 is 11.5 Å². The Kier molecular flexibility index (Phi) is 6.47. The minimum atomic E-state index is -0.481. The largest absolute Gasteiger partial charge is 0.450 e. The lowest BCUT2D eigenvalue weighted by Crippen LogP contribution is -2.43. The van der Waals surface area contributed by atoms with E-state index in [-0.39, 0.29) is 11.7 Å². The van der Waals surface area contributed by atoms with E-state index in [4.69, 9.17) is 16.3 Å². The zero-order valence-corrected chi connectivity index (χ0v) is 11.7. The van der Waals surface area contributed by atoms with Gasteiger partial charge in [-0.25, -0.2) is 4.79 Å². The monoisotopic (exact) mass is 275 g/mol. The van der Waals surface area contributed by atoms with Crippen molar-refractivity contribution < 1.29 is 14.3 Å². The van der Waals surface area contributed by atoms with Crippen molar-refractivity contribution in [1.29, 1.82) is 0 Å². The molecule has 4 nitrogen and oxygen atoms in total. The van der Waals surface area contributed by atoms with Crippen molar-refractivity contribution in [3.05, 3.63) is 0 Å². The normalized spacial score (nSPS) is 18.8. The maximum absolute atomic E-state index is 12.1. The average Bonchev–Trinajstić information content (AvgIpc) is 2.62. The maximum atomic E-state index is 12.1. The van der Waals surface area contributed by atoms with Crippen molar-refractivity contribution >= 4 is 23.5 Å². The molecule has 0 unspecified atom stereocenters. The van der Waals surface area contributed by atoms with Crippen molar-refractivity contribution in [1.82, 2.24) is 5.32 Å². The number of ether oxygens (including phenoxy) is 1. The molecule has 1 saturated carbocycles. The molecule has 0 bridgehead atoms. The highest BCUT2D eigenvalue weighted by molar-refractivity contribution is 6.28. The first-order chi connectivity index (χ1) is 8.64. The van der Waals surface area contributed by atoms with Crippen LogP contribution in [-0.4, -0.2) is 30.9 Å². The first-order valence-electron chi connectivity index (χ1n) is 6.64. The van der Waals surface area contributed by atoms with Gasteiger partial charge in [0.15, 0.2) is 5.78 Å². The summed E-state index contributed by atoms with van der Waals surface area (Å²) in [6.45, 7) is 2.44. The zero-order chi connectivity index (χ0) is 13.4. The number of alkyl halides is 1. The van der Waals surface area contributed by atoms with Gasteiger partial charge in [-0.1, -0.05) is 25.7 Å². The van der Waals surface area contributed by atoms with Crippen LogP contribution in [0.1, 0.15) is 45.4 Å². The highest BCUT2D eigenvalue weighted by Gasteiger charge is 2.37. The molecule has 1 aliphatic rings. The molecule has 0 saturated heterocycles. The van der Waals surface area contributed by atoms with Gasteiger partial charge in [0, 0.05) is 12.0 Å². The van der Waals surface area contributed by atoms with Gasteiger partial charge in [-0.05, 0) is 19.8 Å². The third-order valence-corrected chi connectivity index (χ3v) is 3.86. The molecule has 0 spiro atoms. The fourth-order valence-corrected chi connectivity index (χ4v) is 2.81. The van der Waals surface area contributed by atoms with Gasteiger partial charge >= 0.3 is 6.09 Å². The van der Waals surface area contributed by atoms with E-state index in [1.54, 1.807) is 6.92 Å². The predicted octanol–water partition coefficient (Wildman–Crippen LogP) is 2.88. The number of carbonyl (C=O) groups is 2. The van der Waals surface area contributed by atoms with Crippen molar-refractivity contribution in [2.75, 3.05) is 19.0 Å². The van der Waals surface area contributed by atoms with Crippen LogP contribution in [0.4, 0.5) is 4.79 Å². The van der Waals surface area contributed by atoms with Gasteiger partial charge in [-0.15, -0.1) is 11.6 Å². The SMILES string of the molecule is CCOC(=O)NCC1(C(=O)CCl)CCCCCC1. The standard InChI is InChI=1S/C13H22ClNO3/c1-2-18-12(17)15-10-13(11(16)9-14)7-5-3-4-6-8-13/h2-10H2,1H3,(H,15,17). The Labute approximate surface area is 113 Å². The van der Waals surface area contributed by atoms with Crippen LogP contribution in [0.15, 0.2) is 0 Å². The van der Waals surface area contributed by atoms with E-state index >= 15 is 0 Å². The summed E-state index contributed by atoms with van der Waals surface area (Å²) in [6, 6.07) is 0. The predicted molar refractivity (Wildman–Crippen MR) is 70.9 cm³/mol. The number of ketones is 1. The molecule has 1 fully saturated rings. The third kappa shape index (κ3) is 4.16. The number of hydrogen-bond donors (Lipinski definition) is 1. The van der Waals surface area contributed by atoms with E-state index in [0.717, 1.165) is 38.5 Å². The van der Waals surface area contributed by atoms with Crippen LogP contribution < -0.4 is 5.32 Å². The number of rotatable bonds is 5. The van der Waals surface area contributed by atoms with Gasteiger partial charge in [-0.2, -0.15) is 0 Å². The summed E-state index contributed by atoms with van der Waals surface area (Å²) < 4.78 is 4.83. The van der Waals surface area contributed by atoms with Gasteiger partial charge in [-0.3, -0.25) is 4.79 Å². The lowest BCUT2D eigenvalue weighted by atomic mass is 9.77. The van der Waals surface area contributed by atoms with Crippen LogP contribution in [0.25, 0.3) is 0 Å². The van der Waals surface area contributed by atoms with Gasteiger partial charge in [0.25, 0.3) is 0 Å². The molecule has 0 heterocycles. The Morgan fingerprint density at radius 1 is 1.22 bits per heavy atom. The molecule has 0 aliphatic heterocycles. The molecule has 0 aromatic carbocycles. The van der Waals surface area contributed by atoms with Crippen molar-refractivity contribution in [3.63, 3.8) is 0 Å². The number of carbonyl (C=O) groups excluding carboxylic acids is 2. The van der Waals surface area contributed by atoms with E-state index in [9.17, 15) is 9.59 Å². The molecule has 0 aromatic rings. The Balaban J connectivity index is 2.65. The van der Waals surface area contributed by atoms with E-state index in [1.165, 1.54) is 0 Å². The summed E-state index contributed by atoms with van der Waals surface area (Å²) in [6.07, 6.45) is 5.51. The molecule has 1 aliphatic carbocycles. The first kappa shape index (κ1) is 15.3. The van der Waals surface area contributed by atoms with E-state index in [1.807, 2.05) is 0 Å². The number of Topliss-reactive ketones (excluding diaryl/α,β-unsaturated/α-hetero) is 1. The number of hydrogen-bond acceptors (Lipinski definition) is 3. The van der Waals surface area contributed by atoms with Gasteiger partial charge in [0.1, 0.15) is 0 Å². The van der Waals surface area contributed by atoms with Gasteiger partial charge in [0.05, 0.1) is 12.5 Å². The lowest BCUT2D eigenvalue weighted by Gasteiger charge is -2.30. The second-order valence-electron chi connectivity index (χ2n) is 4.83. The molecule has 0 aromatic heterocycles. The highest BCUT2D eigenvalue weighted by Crippen LogP contribution is 2.35. The van der Waals surface area contributed by atoms with Crippen LogP contribution in [0, 0.1) is 5.41 Å². The topological polar surface area (TPSA) is 55.4 Å². The Hall–Kier alpha value is -0.770. The quantitative estimate of drug-likeness (QED) is 0.620. The number of nitrogens with one attached hydrogen (secondary N) is 1. The zero-order valence-electron chi connectivity index (χ0n) is 11.0. The van der Waals surface area contributed by atoms with Crippen LogP contribution in [0.3, 0.4) is 0 Å². The van der Waals surface area contributed by atoms with Crippen LogP contribution in [0.5, 0.6) is 0 Å². The highest BCUT2D eigenvalue weighted by atomic mass is 35.5. The fourth-order valence-electron chi connectivity index (χ4n) is 2.52. The van der Waals surface area contributed by atoms with Crippen molar-refractivity contribution in [2.45, 2.75) is 45.4 Å². The lowest BCUT2D eigenvalue weighted by molar-refractivity contribution is -0.126. The molecule has 104 valence electrons. The Morgan fingerprint density at radius 3 is 2.33 bits per heavy atom. The molecule has 5 heteroatoms. The number of alkyl carbamates (subject to hydrolysis) is 1. The number of amides is 1.